The molecule has 0 unspecified atom stereocenters. The van der Waals surface area contributed by atoms with Crippen molar-refractivity contribution in [3.05, 3.63) is 22.7 Å². The highest BCUT2D eigenvalue weighted by molar-refractivity contribution is 7.99. The van der Waals surface area contributed by atoms with Gasteiger partial charge in [-0.25, -0.2) is 8.42 Å². The lowest BCUT2D eigenvalue weighted by Crippen LogP contribution is -2.38. The Hall–Kier alpha value is -0.140. The molecule has 0 radical (unpaired) electrons. The van der Waals surface area contributed by atoms with Crippen molar-refractivity contribution in [2.45, 2.75) is 10.8 Å². The van der Waals surface area contributed by atoms with Gasteiger partial charge in [-0.15, -0.1) is 11.6 Å². The molecule has 0 aromatic heterocycles. The molecule has 0 amide bonds. The van der Waals surface area contributed by atoms with Crippen molar-refractivity contribution >= 4 is 45.0 Å². The minimum Gasteiger partial charge on any atom is -0.495 e. The summed E-state index contributed by atoms with van der Waals surface area (Å²) in [5, 5.41) is 0.339. The van der Waals surface area contributed by atoms with Crippen molar-refractivity contribution in [3.8, 4) is 5.75 Å². The second-order valence-corrected chi connectivity index (χ2v) is 8.08. The zero-order chi connectivity index (χ0) is 14.8. The van der Waals surface area contributed by atoms with Gasteiger partial charge in [-0.1, -0.05) is 11.6 Å². The van der Waals surface area contributed by atoms with Crippen molar-refractivity contribution in [2.75, 3.05) is 31.7 Å². The Morgan fingerprint density at radius 2 is 2.00 bits per heavy atom. The van der Waals surface area contributed by atoms with Crippen LogP contribution in [0.5, 0.6) is 5.75 Å². The van der Waals surface area contributed by atoms with Crippen molar-refractivity contribution in [2.24, 2.45) is 0 Å². The molecule has 112 valence electrons. The molecule has 8 heteroatoms. The molecule has 0 bridgehead atoms. The summed E-state index contributed by atoms with van der Waals surface area (Å²) >= 11 is 13.6. The second-order valence-electron chi connectivity index (χ2n) is 4.25. The molecular weight excluding hydrogens is 341 g/mol. The van der Waals surface area contributed by atoms with Crippen LogP contribution in [0.25, 0.3) is 0 Å². The predicted octanol–water partition coefficient (Wildman–Crippen LogP) is 2.82. The van der Waals surface area contributed by atoms with E-state index in [0.717, 1.165) is 11.5 Å². The van der Waals surface area contributed by atoms with E-state index in [9.17, 15) is 8.42 Å². The molecule has 0 aliphatic carbocycles. The van der Waals surface area contributed by atoms with Crippen LogP contribution in [-0.4, -0.2) is 44.4 Å². The van der Waals surface area contributed by atoms with Crippen molar-refractivity contribution in [1.82, 2.24) is 4.31 Å². The molecule has 0 N–H and O–H groups in total. The molecule has 1 aromatic rings. The number of methoxy groups -OCH3 is 1. The largest absolute Gasteiger partial charge is 0.495 e. The maximum absolute atomic E-state index is 12.7. The van der Waals surface area contributed by atoms with E-state index >= 15 is 0 Å². The van der Waals surface area contributed by atoms with Crippen LogP contribution in [0.2, 0.25) is 5.02 Å². The third-order valence-corrected chi connectivity index (χ3v) is 6.39. The van der Waals surface area contributed by atoms with E-state index in [1.54, 1.807) is 17.8 Å². The summed E-state index contributed by atoms with van der Waals surface area (Å²) in [6, 6.07) is 3.05. The van der Waals surface area contributed by atoms with Gasteiger partial charge < -0.3 is 4.74 Å². The quantitative estimate of drug-likeness (QED) is 0.779. The Labute approximate surface area is 133 Å². The van der Waals surface area contributed by atoms with E-state index in [1.807, 2.05) is 0 Å². The average Bonchev–Trinajstić information content (AvgIpc) is 2.47. The minimum absolute atomic E-state index is 0.0926. The second kappa shape index (κ2) is 6.75. The molecule has 0 saturated carbocycles. The number of hydrogen-bond donors (Lipinski definition) is 0. The Morgan fingerprint density at radius 3 is 2.55 bits per heavy atom. The highest BCUT2D eigenvalue weighted by Crippen LogP contribution is 2.35. The fourth-order valence-electron chi connectivity index (χ4n) is 2.07. The summed E-state index contributed by atoms with van der Waals surface area (Å²) in [6.45, 7) is 0.998. The van der Waals surface area contributed by atoms with E-state index in [0.29, 0.717) is 23.7 Å². The van der Waals surface area contributed by atoms with Crippen LogP contribution in [0.3, 0.4) is 0 Å². The van der Waals surface area contributed by atoms with Crippen LogP contribution >= 0.6 is 35.0 Å². The normalized spacial score (nSPS) is 17.1. The number of benzene rings is 1. The molecule has 2 rings (SSSR count). The van der Waals surface area contributed by atoms with Crippen molar-refractivity contribution < 1.29 is 13.2 Å². The molecule has 20 heavy (non-hydrogen) atoms. The Kier molecular flexibility index (Phi) is 5.48. The van der Waals surface area contributed by atoms with Gasteiger partial charge in [0.1, 0.15) is 10.6 Å². The summed E-state index contributed by atoms with van der Waals surface area (Å²) < 4.78 is 32.2. The van der Waals surface area contributed by atoms with E-state index < -0.39 is 10.0 Å². The number of rotatable bonds is 4. The zero-order valence-electron chi connectivity index (χ0n) is 10.9. The molecule has 1 heterocycles. The van der Waals surface area contributed by atoms with Crippen molar-refractivity contribution in [3.63, 3.8) is 0 Å². The van der Waals surface area contributed by atoms with Gasteiger partial charge in [0.15, 0.2) is 0 Å². The Balaban J connectivity index is 2.52. The predicted molar refractivity (Wildman–Crippen MR) is 83.6 cm³/mol. The van der Waals surface area contributed by atoms with E-state index in [-0.39, 0.29) is 16.5 Å². The highest BCUT2D eigenvalue weighted by Gasteiger charge is 2.30. The summed E-state index contributed by atoms with van der Waals surface area (Å²) in [6.07, 6.45) is 0. The van der Waals surface area contributed by atoms with Gasteiger partial charge in [0, 0.05) is 35.2 Å². The lowest BCUT2D eigenvalue weighted by Gasteiger charge is -2.26. The van der Waals surface area contributed by atoms with E-state index in [1.165, 1.54) is 17.5 Å². The molecule has 1 aliphatic heterocycles. The highest BCUT2D eigenvalue weighted by atomic mass is 35.5. The first-order valence-corrected chi connectivity index (χ1v) is 9.51. The van der Waals surface area contributed by atoms with Gasteiger partial charge in [-0.05, 0) is 12.1 Å². The summed E-state index contributed by atoms with van der Waals surface area (Å²) in [7, 11) is -2.17. The molecule has 1 fully saturated rings. The van der Waals surface area contributed by atoms with Crippen LogP contribution in [0, 0.1) is 0 Å². The first-order valence-electron chi connectivity index (χ1n) is 6.01. The fraction of sp³-hybridized carbons (Fsp3) is 0.500. The molecule has 1 saturated heterocycles. The van der Waals surface area contributed by atoms with Crippen LogP contribution in [0.1, 0.15) is 5.56 Å². The summed E-state index contributed by atoms with van der Waals surface area (Å²) in [5.74, 6) is 2.01. The zero-order valence-corrected chi connectivity index (χ0v) is 14.1. The number of halogens is 2. The lowest BCUT2D eigenvalue weighted by atomic mass is 10.2. The maximum atomic E-state index is 12.7. The molecule has 0 atom stereocenters. The van der Waals surface area contributed by atoms with Gasteiger partial charge >= 0.3 is 0 Å². The summed E-state index contributed by atoms with van der Waals surface area (Å²) in [5.41, 5.74) is 0.576. The number of thioether (sulfide) groups is 1. The maximum Gasteiger partial charge on any atom is 0.246 e. The van der Waals surface area contributed by atoms with Gasteiger partial charge in [0.05, 0.1) is 13.0 Å². The SMILES string of the molecule is COc1c(CCl)cc(Cl)cc1S(=O)(=O)N1CCSCC1. The first-order chi connectivity index (χ1) is 9.50. The fourth-order valence-corrected chi connectivity index (χ4v) is 5.38. The van der Waals surface area contributed by atoms with E-state index in [2.05, 4.69) is 0 Å². The van der Waals surface area contributed by atoms with Gasteiger partial charge in [-0.3, -0.25) is 0 Å². The number of sulfonamides is 1. The molecule has 1 aromatic carbocycles. The van der Waals surface area contributed by atoms with Gasteiger partial charge in [-0.2, -0.15) is 16.1 Å². The standard InChI is InChI=1S/C12H15Cl2NO3S2/c1-18-12-9(8-13)6-10(14)7-11(12)20(16,17)15-2-4-19-5-3-15/h6-7H,2-5,8H2,1H3. The Bertz CT molecular complexity index is 587. The van der Waals surface area contributed by atoms with Crippen LogP contribution in [-0.2, 0) is 15.9 Å². The number of nitrogens with zero attached hydrogens (tertiary/aromatic N) is 1. The lowest BCUT2D eigenvalue weighted by molar-refractivity contribution is 0.392. The minimum atomic E-state index is -3.61. The number of alkyl halides is 1. The first kappa shape index (κ1) is 16.2. The summed E-state index contributed by atoms with van der Waals surface area (Å²) in [4.78, 5) is 0.0926. The van der Waals surface area contributed by atoms with Crippen LogP contribution < -0.4 is 4.74 Å². The third kappa shape index (κ3) is 3.20. The average molecular weight is 356 g/mol. The topological polar surface area (TPSA) is 46.6 Å². The number of ether oxygens (including phenoxy) is 1. The molecule has 4 nitrogen and oxygen atoms in total. The molecular formula is C12H15Cl2NO3S2. The van der Waals surface area contributed by atoms with Crippen molar-refractivity contribution in [1.29, 1.82) is 0 Å². The number of hydrogen-bond acceptors (Lipinski definition) is 4. The van der Waals surface area contributed by atoms with Crippen LogP contribution in [0.4, 0.5) is 0 Å². The smallest absolute Gasteiger partial charge is 0.246 e. The third-order valence-electron chi connectivity index (χ3n) is 3.03. The van der Waals surface area contributed by atoms with E-state index in [4.69, 9.17) is 27.9 Å². The van der Waals surface area contributed by atoms with Gasteiger partial charge in [0.2, 0.25) is 10.0 Å². The molecule has 0 spiro atoms. The Morgan fingerprint density at radius 1 is 1.35 bits per heavy atom. The monoisotopic (exact) mass is 355 g/mol. The van der Waals surface area contributed by atoms with Crippen LogP contribution in [0.15, 0.2) is 17.0 Å². The van der Waals surface area contributed by atoms with Gasteiger partial charge in [0.25, 0.3) is 0 Å². The molecule has 1 aliphatic rings.